The van der Waals surface area contributed by atoms with Crippen LogP contribution in [0.2, 0.25) is 0 Å². The highest BCUT2D eigenvalue weighted by molar-refractivity contribution is 7.90. The molecule has 0 atom stereocenters. The Hall–Kier alpha value is -1.70. The van der Waals surface area contributed by atoms with Crippen LogP contribution in [0.5, 0.6) is 0 Å². The first-order valence-electron chi connectivity index (χ1n) is 6.92. The molecule has 8 heteroatoms. The summed E-state index contributed by atoms with van der Waals surface area (Å²) in [6.07, 6.45) is 4.77. The molecule has 21 heavy (non-hydrogen) atoms. The first-order valence-corrected chi connectivity index (χ1v) is 8.58. The summed E-state index contributed by atoms with van der Waals surface area (Å²) in [6.45, 7) is 2.04. The molecule has 0 aromatic rings. The van der Waals surface area contributed by atoms with Crippen molar-refractivity contribution in [2.45, 2.75) is 39.0 Å². The Kier molecular flexibility index (Phi) is 6.54. The fourth-order valence-electron chi connectivity index (χ4n) is 1.93. The van der Waals surface area contributed by atoms with Gasteiger partial charge in [0.1, 0.15) is 0 Å². The lowest BCUT2D eigenvalue weighted by Gasteiger charge is -2.13. The largest absolute Gasteiger partial charge is 0.275 e. The molecule has 0 aromatic heterocycles. The molecule has 0 saturated carbocycles. The predicted octanol–water partition coefficient (Wildman–Crippen LogP) is 0.328. The monoisotopic (exact) mass is 316 g/mol. The van der Waals surface area contributed by atoms with Gasteiger partial charge in [-0.3, -0.25) is 24.0 Å². The fourth-order valence-corrected chi connectivity index (χ4v) is 3.02. The number of rotatable bonds is 9. The number of imide groups is 1. The summed E-state index contributed by atoms with van der Waals surface area (Å²) < 4.78 is 24.7. The Labute approximate surface area is 124 Å². The molecule has 0 unspecified atom stereocenters. The molecule has 0 aliphatic carbocycles. The van der Waals surface area contributed by atoms with Gasteiger partial charge in [-0.15, -0.1) is 0 Å². The van der Waals surface area contributed by atoms with E-state index in [1.807, 2.05) is 4.72 Å². The molecule has 1 heterocycles. The summed E-state index contributed by atoms with van der Waals surface area (Å²) in [7, 11) is -3.51. The number of hydrogen-bond donors (Lipinski definition) is 1. The van der Waals surface area contributed by atoms with Gasteiger partial charge in [0.25, 0.3) is 11.8 Å². The molecule has 1 aliphatic rings. The highest BCUT2D eigenvalue weighted by Gasteiger charge is 2.22. The van der Waals surface area contributed by atoms with E-state index in [9.17, 15) is 22.8 Å². The summed E-state index contributed by atoms with van der Waals surface area (Å²) in [5, 5.41) is 0. The quantitative estimate of drug-likeness (QED) is 0.488. The van der Waals surface area contributed by atoms with Crippen LogP contribution in [0.15, 0.2) is 12.2 Å². The molecule has 1 aliphatic heterocycles. The van der Waals surface area contributed by atoms with Gasteiger partial charge in [0.15, 0.2) is 0 Å². The van der Waals surface area contributed by atoms with E-state index in [1.165, 1.54) is 12.2 Å². The van der Waals surface area contributed by atoms with E-state index < -0.39 is 15.9 Å². The van der Waals surface area contributed by atoms with Crippen LogP contribution in [-0.2, 0) is 24.4 Å². The van der Waals surface area contributed by atoms with Crippen molar-refractivity contribution in [1.82, 2.24) is 9.62 Å². The Morgan fingerprint density at radius 2 is 1.76 bits per heavy atom. The van der Waals surface area contributed by atoms with Crippen molar-refractivity contribution < 1.29 is 22.8 Å². The molecule has 1 N–H and O–H groups in total. The van der Waals surface area contributed by atoms with Crippen LogP contribution in [0, 0.1) is 0 Å². The molecule has 0 bridgehead atoms. The van der Waals surface area contributed by atoms with E-state index in [1.54, 1.807) is 6.92 Å². The molecule has 118 valence electrons. The third-order valence-electron chi connectivity index (χ3n) is 2.93. The normalized spacial score (nSPS) is 14.8. The smallest absolute Gasteiger partial charge is 0.253 e. The number of unbranched alkanes of at least 4 members (excludes halogenated alkanes) is 2. The van der Waals surface area contributed by atoms with Gasteiger partial charge >= 0.3 is 0 Å². The van der Waals surface area contributed by atoms with E-state index in [0.717, 1.165) is 4.90 Å². The second-order valence-electron chi connectivity index (χ2n) is 4.82. The van der Waals surface area contributed by atoms with Gasteiger partial charge in [-0.2, -0.15) is 0 Å². The summed E-state index contributed by atoms with van der Waals surface area (Å²) in [5.41, 5.74) is 0. The number of carbonyl (C=O) groups is 3. The average molecular weight is 316 g/mol. The topological polar surface area (TPSA) is 101 Å². The molecular formula is C13H20N2O5S. The maximum Gasteiger partial charge on any atom is 0.253 e. The number of nitrogens with one attached hydrogen (secondary N) is 1. The molecule has 0 fully saturated rings. The van der Waals surface area contributed by atoms with Crippen molar-refractivity contribution in [2.75, 3.05) is 12.3 Å². The Bertz CT molecular complexity index is 521. The minimum absolute atomic E-state index is 0.0646. The van der Waals surface area contributed by atoms with Gasteiger partial charge in [-0.05, 0) is 19.3 Å². The highest BCUT2D eigenvalue weighted by Crippen LogP contribution is 2.07. The zero-order valence-electron chi connectivity index (χ0n) is 12.0. The number of carbonyl (C=O) groups excluding carboxylic acids is 3. The molecule has 7 nitrogen and oxygen atoms in total. The second-order valence-corrected chi connectivity index (χ2v) is 6.66. The van der Waals surface area contributed by atoms with Gasteiger partial charge in [0, 0.05) is 25.1 Å². The third kappa shape index (κ3) is 6.07. The number of amides is 3. The van der Waals surface area contributed by atoms with E-state index in [2.05, 4.69) is 0 Å². The maximum absolute atomic E-state index is 11.4. The molecule has 3 amide bonds. The second kappa shape index (κ2) is 7.92. The lowest BCUT2D eigenvalue weighted by Crippen LogP contribution is -2.32. The van der Waals surface area contributed by atoms with Crippen molar-refractivity contribution in [3.8, 4) is 0 Å². The SMILES string of the molecule is CCCS(=O)(=O)NC(=O)CCCCCN1C(=O)C=CC1=O. The third-order valence-corrected chi connectivity index (χ3v) is 4.41. The van der Waals surface area contributed by atoms with Gasteiger partial charge in [-0.25, -0.2) is 8.42 Å². The van der Waals surface area contributed by atoms with E-state index >= 15 is 0 Å². The minimum atomic E-state index is -3.51. The summed E-state index contributed by atoms with van der Waals surface area (Å²) in [6, 6.07) is 0. The Balaban J connectivity index is 2.16. The van der Waals surface area contributed by atoms with Gasteiger partial charge < -0.3 is 0 Å². The average Bonchev–Trinajstić information content (AvgIpc) is 2.68. The highest BCUT2D eigenvalue weighted by atomic mass is 32.2. The van der Waals surface area contributed by atoms with Gasteiger partial charge in [0.05, 0.1) is 5.75 Å². The summed E-state index contributed by atoms with van der Waals surface area (Å²) in [4.78, 5) is 35.1. The van der Waals surface area contributed by atoms with Crippen LogP contribution in [0.1, 0.15) is 39.0 Å². The zero-order chi connectivity index (χ0) is 15.9. The first-order chi connectivity index (χ1) is 9.85. The molecule has 0 spiro atoms. The van der Waals surface area contributed by atoms with Crippen molar-refractivity contribution in [2.24, 2.45) is 0 Å². The van der Waals surface area contributed by atoms with E-state index in [4.69, 9.17) is 0 Å². The standard InChI is InChI=1S/C13H20N2O5S/c1-2-10-21(19,20)14-11(16)6-4-3-5-9-15-12(17)7-8-13(15)18/h7-8H,2-6,9-10H2,1H3,(H,14,16). The van der Waals surface area contributed by atoms with Gasteiger partial charge in [-0.1, -0.05) is 13.3 Å². The first kappa shape index (κ1) is 17.4. The van der Waals surface area contributed by atoms with Crippen LogP contribution in [0.4, 0.5) is 0 Å². The van der Waals surface area contributed by atoms with Crippen molar-refractivity contribution in [3.05, 3.63) is 12.2 Å². The lowest BCUT2D eigenvalue weighted by molar-refractivity contribution is -0.136. The van der Waals surface area contributed by atoms with E-state index in [-0.39, 0.29) is 24.0 Å². The van der Waals surface area contributed by atoms with Crippen LogP contribution >= 0.6 is 0 Å². The molecule has 0 saturated heterocycles. The Morgan fingerprint density at radius 3 is 2.33 bits per heavy atom. The molecule has 0 aromatic carbocycles. The number of sulfonamides is 1. The number of hydrogen-bond acceptors (Lipinski definition) is 5. The van der Waals surface area contributed by atoms with Crippen molar-refractivity contribution in [1.29, 1.82) is 0 Å². The maximum atomic E-state index is 11.4. The van der Waals surface area contributed by atoms with Crippen LogP contribution in [-0.4, -0.2) is 43.3 Å². The summed E-state index contributed by atoms with van der Waals surface area (Å²) in [5.74, 6) is -1.21. The van der Waals surface area contributed by atoms with Crippen molar-refractivity contribution in [3.63, 3.8) is 0 Å². The van der Waals surface area contributed by atoms with Gasteiger partial charge in [0.2, 0.25) is 15.9 Å². The minimum Gasteiger partial charge on any atom is -0.275 e. The van der Waals surface area contributed by atoms with E-state index in [0.29, 0.717) is 32.2 Å². The molecule has 1 rings (SSSR count). The molecule has 0 radical (unpaired) electrons. The predicted molar refractivity (Wildman–Crippen MR) is 76.5 cm³/mol. The molecular weight excluding hydrogens is 296 g/mol. The van der Waals surface area contributed by atoms with Crippen LogP contribution < -0.4 is 4.72 Å². The Morgan fingerprint density at radius 1 is 1.14 bits per heavy atom. The zero-order valence-corrected chi connectivity index (χ0v) is 12.8. The summed E-state index contributed by atoms with van der Waals surface area (Å²) >= 11 is 0. The number of nitrogens with zero attached hydrogens (tertiary/aromatic N) is 1. The van der Waals surface area contributed by atoms with Crippen molar-refractivity contribution >= 4 is 27.7 Å². The van der Waals surface area contributed by atoms with Crippen LogP contribution in [0.3, 0.4) is 0 Å². The lowest BCUT2D eigenvalue weighted by atomic mass is 10.2. The van der Waals surface area contributed by atoms with Crippen LogP contribution in [0.25, 0.3) is 0 Å². The fraction of sp³-hybridized carbons (Fsp3) is 0.615.